The normalized spacial score (nSPS) is 10.0. The first-order valence-corrected chi connectivity index (χ1v) is 8.16. The number of carbonyl (C=O) groups excluding carboxylic acids is 2. The van der Waals surface area contributed by atoms with E-state index in [0.29, 0.717) is 17.8 Å². The van der Waals surface area contributed by atoms with Gasteiger partial charge < -0.3 is 16.0 Å². The van der Waals surface area contributed by atoms with E-state index in [4.69, 9.17) is 0 Å². The first kappa shape index (κ1) is 17.5. The summed E-state index contributed by atoms with van der Waals surface area (Å²) in [6.45, 7) is 2.90. The Hall–Kier alpha value is -2.82. The fraction of sp³-hybridized carbons (Fsp3) is 0.263. The number of hydrogen-bond acceptors (Lipinski definition) is 3. The fourth-order valence-corrected chi connectivity index (χ4v) is 2.16. The van der Waals surface area contributed by atoms with Crippen LogP contribution in [0.5, 0.6) is 0 Å². The number of benzene rings is 2. The van der Waals surface area contributed by atoms with Crippen LogP contribution in [0.3, 0.4) is 0 Å². The van der Waals surface area contributed by atoms with Crippen molar-refractivity contribution in [2.24, 2.45) is 0 Å². The summed E-state index contributed by atoms with van der Waals surface area (Å²) < 4.78 is 0. The zero-order valence-electron chi connectivity index (χ0n) is 13.8. The quantitative estimate of drug-likeness (QED) is 0.652. The molecular formula is C19H23N3O2. The number of para-hydroxylation sites is 1. The molecule has 0 fully saturated rings. The molecule has 0 aromatic heterocycles. The van der Waals surface area contributed by atoms with Crippen molar-refractivity contribution >= 4 is 23.2 Å². The van der Waals surface area contributed by atoms with Gasteiger partial charge in [0.1, 0.15) is 0 Å². The van der Waals surface area contributed by atoms with Gasteiger partial charge in [0.05, 0.1) is 6.54 Å². The molecule has 3 N–H and O–H groups in total. The Morgan fingerprint density at radius 1 is 0.958 bits per heavy atom. The number of carbonyl (C=O) groups is 2. The molecule has 0 spiro atoms. The van der Waals surface area contributed by atoms with Crippen LogP contribution in [0.25, 0.3) is 0 Å². The molecule has 0 unspecified atom stereocenters. The zero-order valence-corrected chi connectivity index (χ0v) is 13.8. The highest BCUT2D eigenvalue weighted by molar-refractivity contribution is 5.98. The molecule has 0 aliphatic rings. The van der Waals surface area contributed by atoms with Gasteiger partial charge in [0, 0.05) is 23.5 Å². The second kappa shape index (κ2) is 9.35. The summed E-state index contributed by atoms with van der Waals surface area (Å²) in [5.74, 6) is -0.288. The highest BCUT2D eigenvalue weighted by Gasteiger charge is 2.07. The largest absolute Gasteiger partial charge is 0.376 e. The van der Waals surface area contributed by atoms with Gasteiger partial charge in [-0.2, -0.15) is 0 Å². The van der Waals surface area contributed by atoms with Gasteiger partial charge in [0.2, 0.25) is 5.91 Å². The van der Waals surface area contributed by atoms with Crippen molar-refractivity contribution in [1.29, 1.82) is 0 Å². The SMILES string of the molecule is CCCCNC(=O)c1cccc(NC(=O)CNc2ccccc2)c1. The van der Waals surface area contributed by atoms with Gasteiger partial charge in [0.15, 0.2) is 0 Å². The van der Waals surface area contributed by atoms with Crippen LogP contribution < -0.4 is 16.0 Å². The monoisotopic (exact) mass is 325 g/mol. The Kier molecular flexibility index (Phi) is 6.83. The van der Waals surface area contributed by atoms with Crippen molar-refractivity contribution in [2.45, 2.75) is 19.8 Å². The summed E-state index contributed by atoms with van der Waals surface area (Å²) in [7, 11) is 0. The Morgan fingerprint density at radius 2 is 1.71 bits per heavy atom. The molecule has 126 valence electrons. The number of anilines is 2. The Balaban J connectivity index is 1.86. The van der Waals surface area contributed by atoms with Crippen LogP contribution in [0.15, 0.2) is 54.6 Å². The van der Waals surface area contributed by atoms with Gasteiger partial charge in [0.25, 0.3) is 5.91 Å². The van der Waals surface area contributed by atoms with Gasteiger partial charge in [-0.1, -0.05) is 37.6 Å². The molecule has 2 aromatic carbocycles. The summed E-state index contributed by atoms with van der Waals surface area (Å²) in [6.07, 6.45) is 1.98. The molecule has 0 radical (unpaired) electrons. The van der Waals surface area contributed by atoms with Crippen molar-refractivity contribution in [3.63, 3.8) is 0 Å². The Bertz CT molecular complexity index is 671. The van der Waals surface area contributed by atoms with E-state index in [0.717, 1.165) is 18.5 Å². The average molecular weight is 325 g/mol. The van der Waals surface area contributed by atoms with Crippen molar-refractivity contribution in [2.75, 3.05) is 23.7 Å². The van der Waals surface area contributed by atoms with Crippen molar-refractivity contribution in [3.05, 3.63) is 60.2 Å². The minimum absolute atomic E-state index is 0.123. The van der Waals surface area contributed by atoms with E-state index in [1.54, 1.807) is 24.3 Å². The molecular weight excluding hydrogens is 302 g/mol. The number of unbranched alkanes of at least 4 members (excludes halogenated alkanes) is 1. The predicted octanol–water partition coefficient (Wildman–Crippen LogP) is 3.27. The highest BCUT2D eigenvalue weighted by atomic mass is 16.2. The number of hydrogen-bond donors (Lipinski definition) is 3. The van der Waals surface area contributed by atoms with Crippen LogP contribution in [-0.4, -0.2) is 24.9 Å². The van der Waals surface area contributed by atoms with Gasteiger partial charge in [-0.25, -0.2) is 0 Å². The molecule has 0 heterocycles. The summed E-state index contributed by atoms with van der Waals surface area (Å²) in [6, 6.07) is 16.5. The maximum atomic E-state index is 12.0. The van der Waals surface area contributed by atoms with Crippen molar-refractivity contribution in [3.8, 4) is 0 Å². The maximum Gasteiger partial charge on any atom is 0.251 e. The molecule has 0 aliphatic carbocycles. The zero-order chi connectivity index (χ0) is 17.2. The molecule has 2 amide bonds. The van der Waals surface area contributed by atoms with Crippen molar-refractivity contribution < 1.29 is 9.59 Å². The summed E-state index contributed by atoms with van der Waals surface area (Å²) >= 11 is 0. The smallest absolute Gasteiger partial charge is 0.251 e. The third-order valence-electron chi connectivity index (χ3n) is 3.45. The molecule has 5 nitrogen and oxygen atoms in total. The van der Waals surface area contributed by atoms with E-state index < -0.39 is 0 Å². The topological polar surface area (TPSA) is 70.2 Å². The molecule has 2 rings (SSSR count). The van der Waals surface area contributed by atoms with E-state index in [1.165, 1.54) is 0 Å². The third kappa shape index (κ3) is 5.76. The first-order chi connectivity index (χ1) is 11.7. The minimum Gasteiger partial charge on any atom is -0.376 e. The van der Waals surface area contributed by atoms with Gasteiger partial charge in [-0.05, 0) is 36.8 Å². The Morgan fingerprint density at radius 3 is 2.46 bits per heavy atom. The molecule has 0 saturated heterocycles. The van der Waals surface area contributed by atoms with Gasteiger partial charge >= 0.3 is 0 Å². The lowest BCUT2D eigenvalue weighted by atomic mass is 10.2. The van der Waals surface area contributed by atoms with Crippen LogP contribution >= 0.6 is 0 Å². The molecule has 5 heteroatoms. The molecule has 0 bridgehead atoms. The van der Waals surface area contributed by atoms with E-state index in [9.17, 15) is 9.59 Å². The number of nitrogens with one attached hydrogen (secondary N) is 3. The molecule has 0 atom stereocenters. The van der Waals surface area contributed by atoms with E-state index in [-0.39, 0.29) is 18.4 Å². The minimum atomic E-state index is -0.164. The second-order valence-electron chi connectivity index (χ2n) is 5.46. The summed E-state index contributed by atoms with van der Waals surface area (Å²) in [5, 5.41) is 8.70. The van der Waals surface area contributed by atoms with Crippen LogP contribution in [0, 0.1) is 0 Å². The summed E-state index contributed by atoms with van der Waals surface area (Å²) in [5.41, 5.74) is 2.04. The van der Waals surface area contributed by atoms with E-state index >= 15 is 0 Å². The van der Waals surface area contributed by atoms with Crippen LogP contribution in [-0.2, 0) is 4.79 Å². The summed E-state index contributed by atoms with van der Waals surface area (Å²) in [4.78, 5) is 24.0. The Labute approximate surface area is 142 Å². The molecule has 24 heavy (non-hydrogen) atoms. The highest BCUT2D eigenvalue weighted by Crippen LogP contribution is 2.11. The standard InChI is InChI=1S/C19H23N3O2/c1-2-3-12-20-19(24)15-8-7-11-17(13-15)22-18(23)14-21-16-9-5-4-6-10-16/h4-11,13,21H,2-3,12,14H2,1H3,(H,20,24)(H,22,23). The second-order valence-corrected chi connectivity index (χ2v) is 5.46. The van der Waals surface area contributed by atoms with Crippen molar-refractivity contribution in [1.82, 2.24) is 5.32 Å². The maximum absolute atomic E-state index is 12.0. The van der Waals surface area contributed by atoms with Crippen LogP contribution in [0.4, 0.5) is 11.4 Å². The lowest BCUT2D eigenvalue weighted by Gasteiger charge is -2.09. The molecule has 0 aliphatic heterocycles. The first-order valence-electron chi connectivity index (χ1n) is 8.16. The van der Waals surface area contributed by atoms with E-state index in [2.05, 4.69) is 22.9 Å². The molecule has 2 aromatic rings. The number of rotatable bonds is 8. The van der Waals surface area contributed by atoms with Crippen LogP contribution in [0.1, 0.15) is 30.1 Å². The predicted molar refractivity (Wildman–Crippen MR) is 97.2 cm³/mol. The molecule has 0 saturated carbocycles. The average Bonchev–Trinajstić information content (AvgIpc) is 2.61. The van der Waals surface area contributed by atoms with Gasteiger partial charge in [-0.15, -0.1) is 0 Å². The fourth-order valence-electron chi connectivity index (χ4n) is 2.16. The van der Waals surface area contributed by atoms with Crippen LogP contribution in [0.2, 0.25) is 0 Å². The van der Waals surface area contributed by atoms with Gasteiger partial charge in [-0.3, -0.25) is 9.59 Å². The lowest BCUT2D eigenvalue weighted by Crippen LogP contribution is -2.25. The third-order valence-corrected chi connectivity index (χ3v) is 3.45. The lowest BCUT2D eigenvalue weighted by molar-refractivity contribution is -0.114. The van der Waals surface area contributed by atoms with E-state index in [1.807, 2.05) is 30.3 Å². The number of amides is 2.